The second kappa shape index (κ2) is 5.75. The zero-order valence-electron chi connectivity index (χ0n) is 13.1. The molecule has 1 aromatic carbocycles. The van der Waals surface area contributed by atoms with Crippen LogP contribution in [0.3, 0.4) is 0 Å². The van der Waals surface area contributed by atoms with Gasteiger partial charge in [0, 0.05) is 28.9 Å². The van der Waals surface area contributed by atoms with E-state index in [2.05, 4.69) is 45.2 Å². The van der Waals surface area contributed by atoms with Gasteiger partial charge in [-0.1, -0.05) is 24.0 Å². The van der Waals surface area contributed by atoms with Crippen molar-refractivity contribution in [2.24, 2.45) is 0 Å². The predicted octanol–water partition coefficient (Wildman–Crippen LogP) is 3.11. The van der Waals surface area contributed by atoms with Gasteiger partial charge in [-0.2, -0.15) is 5.10 Å². The van der Waals surface area contributed by atoms with E-state index in [-0.39, 0.29) is 0 Å². The van der Waals surface area contributed by atoms with Crippen LogP contribution in [-0.2, 0) is 12.0 Å². The Balaban J connectivity index is 1.67. The zero-order valence-corrected chi connectivity index (χ0v) is 13.9. The molecule has 24 heavy (non-hydrogen) atoms. The lowest BCUT2D eigenvalue weighted by Gasteiger charge is -2.12. The molecule has 5 heteroatoms. The van der Waals surface area contributed by atoms with E-state index >= 15 is 0 Å². The molecule has 2 heterocycles. The molecule has 1 unspecified atom stereocenters. The topological polar surface area (TPSA) is 61.8 Å². The molecule has 2 aromatic heterocycles. The Morgan fingerprint density at radius 3 is 3.04 bits per heavy atom. The molecule has 2 N–H and O–H groups in total. The number of fused-ring (bicyclic) bond motifs is 1. The van der Waals surface area contributed by atoms with Gasteiger partial charge in [-0.15, -0.1) is 11.3 Å². The van der Waals surface area contributed by atoms with Gasteiger partial charge in [-0.3, -0.25) is 5.10 Å². The van der Waals surface area contributed by atoms with Crippen LogP contribution in [0.15, 0.2) is 48.2 Å². The van der Waals surface area contributed by atoms with Crippen molar-refractivity contribution in [2.75, 3.05) is 0 Å². The summed E-state index contributed by atoms with van der Waals surface area (Å²) in [5, 5.41) is 19.8. The van der Waals surface area contributed by atoms with Gasteiger partial charge in [-0.25, -0.2) is 4.98 Å². The van der Waals surface area contributed by atoms with Crippen LogP contribution in [0.25, 0.3) is 5.57 Å². The van der Waals surface area contributed by atoms with Crippen LogP contribution in [0.2, 0.25) is 0 Å². The normalized spacial score (nSPS) is 15.2. The van der Waals surface area contributed by atoms with Gasteiger partial charge in [0.25, 0.3) is 0 Å². The summed E-state index contributed by atoms with van der Waals surface area (Å²) in [6.07, 6.45) is 8.52. The summed E-state index contributed by atoms with van der Waals surface area (Å²) in [5.41, 5.74) is 4.35. The van der Waals surface area contributed by atoms with Crippen LogP contribution in [0.5, 0.6) is 0 Å². The lowest BCUT2D eigenvalue weighted by Crippen LogP contribution is -2.17. The maximum absolute atomic E-state index is 10.5. The number of hydrogen-bond acceptors (Lipinski definition) is 4. The fourth-order valence-corrected chi connectivity index (χ4v) is 3.44. The smallest absolute Gasteiger partial charge is 0.174 e. The van der Waals surface area contributed by atoms with Gasteiger partial charge in [-0.05, 0) is 42.2 Å². The minimum absolute atomic E-state index is 0.607. The van der Waals surface area contributed by atoms with Crippen LogP contribution in [0.1, 0.15) is 34.2 Å². The first-order chi connectivity index (χ1) is 11.6. The summed E-state index contributed by atoms with van der Waals surface area (Å²) in [5.74, 6) is 6.02. The molecule has 1 aliphatic rings. The van der Waals surface area contributed by atoms with E-state index in [0.717, 1.165) is 17.5 Å². The number of rotatable bonds is 2. The maximum atomic E-state index is 10.5. The first-order valence-electron chi connectivity index (χ1n) is 7.61. The molecule has 0 saturated carbocycles. The second-order valence-corrected chi connectivity index (χ2v) is 6.73. The van der Waals surface area contributed by atoms with Gasteiger partial charge < -0.3 is 5.11 Å². The number of H-pyrrole nitrogens is 1. The number of aliphatic hydroxyl groups is 1. The number of nitrogens with zero attached hydrogens (tertiary/aromatic N) is 2. The SMILES string of the molecule is CC(O)(C#Cc1ccc2c(c1)C(c1cn[nH]c1)=CC2)c1nccs1. The quantitative estimate of drug-likeness (QED) is 0.708. The summed E-state index contributed by atoms with van der Waals surface area (Å²) in [7, 11) is 0. The summed E-state index contributed by atoms with van der Waals surface area (Å²) in [6.45, 7) is 1.67. The number of nitrogens with one attached hydrogen (secondary N) is 1. The summed E-state index contributed by atoms with van der Waals surface area (Å²) < 4.78 is 0. The lowest BCUT2D eigenvalue weighted by atomic mass is 9.99. The number of allylic oxidation sites excluding steroid dienone is 1. The van der Waals surface area contributed by atoms with Crippen LogP contribution < -0.4 is 0 Å². The molecule has 0 saturated heterocycles. The predicted molar refractivity (Wildman–Crippen MR) is 94.4 cm³/mol. The second-order valence-electron chi connectivity index (χ2n) is 5.84. The number of aromatic nitrogens is 3. The summed E-state index contributed by atoms with van der Waals surface area (Å²) in [4.78, 5) is 4.15. The lowest BCUT2D eigenvalue weighted by molar-refractivity contribution is 0.122. The standard InChI is InChI=1S/C19H15N3OS/c1-19(23,18-20-8-9-24-18)7-6-13-2-3-14-4-5-16(17(14)10-13)15-11-21-22-12-15/h2-3,5,8-12,23H,4H2,1H3,(H,21,22). The van der Waals surface area contributed by atoms with Crippen molar-refractivity contribution in [2.45, 2.75) is 18.9 Å². The Kier molecular flexibility index (Phi) is 3.57. The van der Waals surface area contributed by atoms with Crippen LogP contribution in [-0.4, -0.2) is 20.3 Å². The highest BCUT2D eigenvalue weighted by Crippen LogP contribution is 2.33. The van der Waals surface area contributed by atoms with Crippen molar-refractivity contribution in [3.05, 3.63) is 75.5 Å². The van der Waals surface area contributed by atoms with Crippen molar-refractivity contribution in [3.8, 4) is 11.8 Å². The molecule has 1 atom stereocenters. The molecule has 0 spiro atoms. The van der Waals surface area contributed by atoms with Crippen molar-refractivity contribution in [1.82, 2.24) is 15.2 Å². The van der Waals surface area contributed by atoms with E-state index < -0.39 is 5.60 Å². The van der Waals surface area contributed by atoms with Gasteiger partial charge in [0.2, 0.25) is 0 Å². The highest BCUT2D eigenvalue weighted by molar-refractivity contribution is 7.09. The zero-order chi connectivity index (χ0) is 16.6. The third kappa shape index (κ3) is 2.67. The molecule has 0 amide bonds. The van der Waals surface area contributed by atoms with Crippen LogP contribution >= 0.6 is 11.3 Å². The van der Waals surface area contributed by atoms with Crippen molar-refractivity contribution < 1.29 is 5.11 Å². The van der Waals surface area contributed by atoms with Crippen molar-refractivity contribution in [3.63, 3.8) is 0 Å². The third-order valence-electron chi connectivity index (χ3n) is 4.03. The average Bonchev–Trinajstić information content (AvgIpc) is 3.32. The average molecular weight is 333 g/mol. The fourth-order valence-electron chi connectivity index (χ4n) is 2.79. The fraction of sp³-hybridized carbons (Fsp3) is 0.158. The molecule has 0 aliphatic heterocycles. The van der Waals surface area contributed by atoms with E-state index in [0.29, 0.717) is 5.01 Å². The van der Waals surface area contributed by atoms with Crippen molar-refractivity contribution in [1.29, 1.82) is 0 Å². The van der Waals surface area contributed by atoms with E-state index in [1.54, 1.807) is 13.1 Å². The molecule has 4 nitrogen and oxygen atoms in total. The summed E-state index contributed by atoms with van der Waals surface area (Å²) >= 11 is 1.40. The molecular formula is C19H15N3OS. The molecule has 3 aromatic rings. The van der Waals surface area contributed by atoms with E-state index in [1.165, 1.54) is 28.0 Å². The summed E-state index contributed by atoms with van der Waals surface area (Å²) in [6, 6.07) is 6.17. The van der Waals surface area contributed by atoms with Gasteiger partial charge in [0.05, 0.1) is 6.20 Å². The monoisotopic (exact) mass is 333 g/mol. The Bertz CT molecular complexity index is 958. The Hall–Kier alpha value is -2.68. The minimum Gasteiger partial charge on any atom is -0.371 e. The highest BCUT2D eigenvalue weighted by Gasteiger charge is 2.23. The van der Waals surface area contributed by atoms with E-state index in [1.807, 2.05) is 23.8 Å². The van der Waals surface area contributed by atoms with E-state index in [4.69, 9.17) is 0 Å². The molecule has 0 bridgehead atoms. The largest absolute Gasteiger partial charge is 0.371 e. The van der Waals surface area contributed by atoms with Crippen molar-refractivity contribution >= 4 is 16.9 Å². The molecule has 0 fully saturated rings. The number of aromatic amines is 1. The number of benzene rings is 1. The third-order valence-corrected chi connectivity index (χ3v) is 5.02. The number of hydrogen-bond donors (Lipinski definition) is 2. The Morgan fingerprint density at radius 1 is 1.38 bits per heavy atom. The molecular weight excluding hydrogens is 318 g/mol. The maximum Gasteiger partial charge on any atom is 0.174 e. The highest BCUT2D eigenvalue weighted by atomic mass is 32.1. The van der Waals surface area contributed by atoms with Gasteiger partial charge in [0.1, 0.15) is 5.01 Å². The van der Waals surface area contributed by atoms with Crippen LogP contribution in [0, 0.1) is 11.8 Å². The molecule has 1 aliphatic carbocycles. The van der Waals surface area contributed by atoms with Gasteiger partial charge >= 0.3 is 0 Å². The minimum atomic E-state index is -1.24. The Labute approximate surface area is 143 Å². The van der Waals surface area contributed by atoms with Gasteiger partial charge in [0.15, 0.2) is 5.60 Å². The first-order valence-corrected chi connectivity index (χ1v) is 8.49. The first kappa shape index (κ1) is 14.9. The molecule has 4 rings (SSSR count). The van der Waals surface area contributed by atoms with E-state index in [9.17, 15) is 5.11 Å². The number of thiazole rings is 1. The van der Waals surface area contributed by atoms with Crippen LogP contribution in [0.4, 0.5) is 0 Å². The molecule has 0 radical (unpaired) electrons. The Morgan fingerprint density at radius 2 is 2.29 bits per heavy atom. The molecule has 118 valence electrons.